The molecule has 2 N–H and O–H groups in total. The molecular weight excluding hydrogens is 314 g/mol. The van der Waals surface area contributed by atoms with Gasteiger partial charge in [0, 0.05) is 42.6 Å². The number of piperidine rings is 1. The van der Waals surface area contributed by atoms with Crippen LogP contribution in [0.2, 0.25) is 0 Å². The van der Waals surface area contributed by atoms with Crippen molar-refractivity contribution in [3.05, 3.63) is 24.3 Å². The topological polar surface area (TPSA) is 70.2 Å². The Labute approximate surface area is 150 Å². The van der Waals surface area contributed by atoms with Crippen molar-refractivity contribution in [1.29, 1.82) is 0 Å². The first kappa shape index (κ1) is 18.3. The minimum atomic E-state index is -0.129. The molecule has 2 saturated heterocycles. The lowest BCUT2D eigenvalue weighted by Gasteiger charge is -2.49. The molecule has 2 aliphatic rings. The molecule has 25 heavy (non-hydrogen) atoms. The number of hydrogen-bond donors (Lipinski definition) is 2. The van der Waals surface area contributed by atoms with Crippen LogP contribution in [-0.2, 0) is 0 Å². The van der Waals surface area contributed by atoms with Crippen LogP contribution in [0.15, 0.2) is 18.6 Å². The van der Waals surface area contributed by atoms with Crippen LogP contribution in [0.4, 0.5) is 0 Å². The van der Waals surface area contributed by atoms with Crippen molar-refractivity contribution in [3.8, 4) is 0 Å². The summed E-state index contributed by atoms with van der Waals surface area (Å²) in [5.74, 6) is 0.386. The summed E-state index contributed by atoms with van der Waals surface area (Å²) >= 11 is 0. The van der Waals surface area contributed by atoms with E-state index < -0.39 is 0 Å². The molecule has 2 aliphatic heterocycles. The Morgan fingerprint density at radius 1 is 1.28 bits per heavy atom. The molecule has 0 spiro atoms. The molecular formula is C19H31N5O. The van der Waals surface area contributed by atoms with Gasteiger partial charge in [-0.15, -0.1) is 0 Å². The van der Waals surface area contributed by atoms with Gasteiger partial charge in [-0.05, 0) is 59.4 Å². The smallest absolute Gasteiger partial charge is 0.271 e. The molecule has 0 radical (unpaired) electrons. The molecule has 1 atom stereocenters. The number of aromatic nitrogens is 2. The van der Waals surface area contributed by atoms with Crippen molar-refractivity contribution in [1.82, 2.24) is 25.5 Å². The molecule has 0 aromatic carbocycles. The zero-order valence-electron chi connectivity index (χ0n) is 15.9. The first-order chi connectivity index (χ1) is 11.7. The van der Waals surface area contributed by atoms with Crippen molar-refractivity contribution >= 4 is 5.91 Å². The summed E-state index contributed by atoms with van der Waals surface area (Å²) in [6, 6.07) is 0.618. The van der Waals surface area contributed by atoms with E-state index in [2.05, 4.69) is 53.2 Å². The molecule has 0 aliphatic carbocycles. The first-order valence-corrected chi connectivity index (χ1v) is 9.32. The van der Waals surface area contributed by atoms with E-state index in [0.29, 0.717) is 24.2 Å². The van der Waals surface area contributed by atoms with Crippen LogP contribution >= 0.6 is 0 Å². The maximum atomic E-state index is 12.1. The van der Waals surface area contributed by atoms with Gasteiger partial charge in [0.1, 0.15) is 5.69 Å². The van der Waals surface area contributed by atoms with Crippen molar-refractivity contribution in [2.45, 2.75) is 64.1 Å². The van der Waals surface area contributed by atoms with Gasteiger partial charge in [0.25, 0.3) is 5.91 Å². The summed E-state index contributed by atoms with van der Waals surface area (Å²) in [5, 5.41) is 6.77. The van der Waals surface area contributed by atoms with Crippen LogP contribution < -0.4 is 10.6 Å². The molecule has 0 unspecified atom stereocenters. The Hall–Kier alpha value is -1.53. The summed E-state index contributed by atoms with van der Waals surface area (Å²) in [4.78, 5) is 22.7. The predicted molar refractivity (Wildman–Crippen MR) is 98.4 cm³/mol. The average Bonchev–Trinajstić information content (AvgIpc) is 2.99. The normalized spacial score (nSPS) is 26.5. The van der Waals surface area contributed by atoms with E-state index in [0.717, 1.165) is 19.5 Å². The first-order valence-electron chi connectivity index (χ1n) is 9.32. The Morgan fingerprint density at radius 3 is 2.64 bits per heavy atom. The zero-order chi connectivity index (χ0) is 18.1. The van der Waals surface area contributed by atoms with E-state index >= 15 is 0 Å². The van der Waals surface area contributed by atoms with Gasteiger partial charge < -0.3 is 10.6 Å². The van der Waals surface area contributed by atoms with Crippen LogP contribution in [0.1, 0.15) is 57.4 Å². The number of hydrogen-bond acceptors (Lipinski definition) is 5. The minimum absolute atomic E-state index is 0.129. The quantitative estimate of drug-likeness (QED) is 0.871. The summed E-state index contributed by atoms with van der Waals surface area (Å²) in [7, 11) is 0. The van der Waals surface area contributed by atoms with E-state index in [4.69, 9.17) is 0 Å². The standard InChI is InChI=1S/C19H31N5O/c1-18(2)9-15(10-19(3,4)23-18)24-8-5-14(13-24)11-22-17(25)16-12-20-6-7-21-16/h6-7,12,14-15,23H,5,8-11,13H2,1-4H3,(H,22,25)/t14-/m0/s1. The van der Waals surface area contributed by atoms with Gasteiger partial charge in [-0.3, -0.25) is 14.7 Å². The van der Waals surface area contributed by atoms with Crippen molar-refractivity contribution < 1.29 is 4.79 Å². The highest BCUT2D eigenvalue weighted by Gasteiger charge is 2.41. The number of likely N-dealkylation sites (tertiary alicyclic amines) is 1. The van der Waals surface area contributed by atoms with Crippen molar-refractivity contribution in [2.75, 3.05) is 19.6 Å². The van der Waals surface area contributed by atoms with Gasteiger partial charge >= 0.3 is 0 Å². The lowest BCUT2D eigenvalue weighted by molar-refractivity contribution is 0.0781. The predicted octanol–water partition coefficient (Wildman–Crippen LogP) is 1.84. The Kier molecular flexibility index (Phi) is 5.11. The van der Waals surface area contributed by atoms with Gasteiger partial charge in [0.15, 0.2) is 0 Å². The van der Waals surface area contributed by atoms with Crippen LogP contribution in [0.5, 0.6) is 0 Å². The number of rotatable bonds is 4. The molecule has 2 fully saturated rings. The number of amides is 1. The molecule has 1 amide bonds. The van der Waals surface area contributed by atoms with Crippen LogP contribution in [-0.4, -0.2) is 57.5 Å². The Balaban J connectivity index is 1.51. The maximum absolute atomic E-state index is 12.1. The molecule has 0 saturated carbocycles. The Morgan fingerprint density at radius 2 is 2.00 bits per heavy atom. The summed E-state index contributed by atoms with van der Waals surface area (Å²) in [6.07, 6.45) is 8.13. The van der Waals surface area contributed by atoms with Gasteiger partial charge in [0.05, 0.1) is 6.20 Å². The highest BCUT2D eigenvalue weighted by atomic mass is 16.1. The third kappa shape index (κ3) is 4.76. The molecule has 3 rings (SSSR count). The number of carbonyl (C=O) groups excluding carboxylic acids is 1. The molecule has 3 heterocycles. The van der Waals surface area contributed by atoms with Crippen molar-refractivity contribution in [2.24, 2.45) is 5.92 Å². The number of nitrogens with zero attached hydrogens (tertiary/aromatic N) is 3. The number of carbonyl (C=O) groups is 1. The van der Waals surface area contributed by atoms with Crippen LogP contribution in [0, 0.1) is 5.92 Å². The lowest BCUT2D eigenvalue weighted by atomic mass is 9.79. The third-order valence-corrected chi connectivity index (χ3v) is 5.35. The van der Waals surface area contributed by atoms with E-state index in [1.165, 1.54) is 19.0 Å². The fourth-order valence-electron chi connectivity index (χ4n) is 4.63. The Bertz CT molecular complexity index is 585. The van der Waals surface area contributed by atoms with Crippen LogP contribution in [0.3, 0.4) is 0 Å². The minimum Gasteiger partial charge on any atom is -0.350 e. The molecule has 1 aromatic heterocycles. The third-order valence-electron chi connectivity index (χ3n) is 5.35. The zero-order valence-corrected chi connectivity index (χ0v) is 15.9. The average molecular weight is 345 g/mol. The highest BCUT2D eigenvalue weighted by molar-refractivity contribution is 5.91. The summed E-state index contributed by atoms with van der Waals surface area (Å²) in [6.45, 7) is 12.1. The second-order valence-corrected chi connectivity index (χ2v) is 8.91. The molecule has 138 valence electrons. The monoisotopic (exact) mass is 345 g/mol. The number of nitrogens with one attached hydrogen (secondary N) is 2. The van der Waals surface area contributed by atoms with Crippen molar-refractivity contribution in [3.63, 3.8) is 0 Å². The molecule has 6 heteroatoms. The van der Waals surface area contributed by atoms with E-state index in [9.17, 15) is 4.79 Å². The van der Waals surface area contributed by atoms with Gasteiger partial charge in [-0.2, -0.15) is 0 Å². The fraction of sp³-hybridized carbons (Fsp3) is 0.737. The van der Waals surface area contributed by atoms with Gasteiger partial charge in [-0.1, -0.05) is 0 Å². The fourth-order valence-corrected chi connectivity index (χ4v) is 4.63. The molecule has 1 aromatic rings. The van der Waals surface area contributed by atoms with E-state index in [1.54, 1.807) is 12.4 Å². The summed E-state index contributed by atoms with van der Waals surface area (Å²) < 4.78 is 0. The van der Waals surface area contributed by atoms with Gasteiger partial charge in [-0.25, -0.2) is 4.98 Å². The van der Waals surface area contributed by atoms with Gasteiger partial charge in [0.2, 0.25) is 0 Å². The van der Waals surface area contributed by atoms with E-state index in [1.807, 2.05) is 0 Å². The second-order valence-electron chi connectivity index (χ2n) is 8.91. The lowest BCUT2D eigenvalue weighted by Crippen LogP contribution is -2.62. The van der Waals surface area contributed by atoms with Crippen LogP contribution in [0.25, 0.3) is 0 Å². The highest BCUT2D eigenvalue weighted by Crippen LogP contribution is 2.33. The van der Waals surface area contributed by atoms with E-state index in [-0.39, 0.29) is 17.0 Å². The summed E-state index contributed by atoms with van der Waals surface area (Å²) in [5.41, 5.74) is 0.731. The maximum Gasteiger partial charge on any atom is 0.271 e. The molecule has 6 nitrogen and oxygen atoms in total. The second kappa shape index (κ2) is 7.00. The largest absolute Gasteiger partial charge is 0.350 e. The molecule has 0 bridgehead atoms. The SMILES string of the molecule is CC1(C)CC(N2CC[C@@H](CNC(=O)c3cnccn3)C2)CC(C)(C)N1.